The number of carbonyl (C=O) groups excluding carboxylic acids is 1. The molecule has 0 aliphatic carbocycles. The highest BCUT2D eigenvalue weighted by atomic mass is 17.2. The van der Waals surface area contributed by atoms with Crippen LogP contribution >= 0.6 is 0 Å². The number of hydrogen-bond donors (Lipinski definition) is 0. The van der Waals surface area contributed by atoms with Crippen LogP contribution in [0.3, 0.4) is 0 Å². The molecular formula is C11H19O4. The topological polar surface area (TPSA) is 44.8 Å². The maximum absolute atomic E-state index is 11.1. The molecule has 0 aromatic carbocycles. The van der Waals surface area contributed by atoms with E-state index in [1.54, 1.807) is 6.92 Å². The minimum Gasteiger partial charge on any atom is -0.462 e. The van der Waals surface area contributed by atoms with Crippen LogP contribution in [-0.4, -0.2) is 18.2 Å². The van der Waals surface area contributed by atoms with Gasteiger partial charge in [0.05, 0.1) is 12.2 Å². The van der Waals surface area contributed by atoms with E-state index >= 15 is 0 Å². The van der Waals surface area contributed by atoms with Crippen molar-refractivity contribution in [1.29, 1.82) is 0 Å². The van der Waals surface area contributed by atoms with Gasteiger partial charge in [0.25, 0.3) is 0 Å². The summed E-state index contributed by atoms with van der Waals surface area (Å²) in [5.41, 5.74) is -0.0296. The van der Waals surface area contributed by atoms with Crippen molar-refractivity contribution in [3.8, 4) is 0 Å². The fraction of sp³-hybridized carbons (Fsp3) is 0.636. The van der Waals surface area contributed by atoms with Crippen molar-refractivity contribution < 1.29 is 19.3 Å². The second-order valence-corrected chi connectivity index (χ2v) is 3.73. The lowest BCUT2D eigenvalue weighted by Crippen LogP contribution is -2.22. The molecule has 0 bridgehead atoms. The van der Waals surface area contributed by atoms with E-state index in [2.05, 4.69) is 11.7 Å². The van der Waals surface area contributed by atoms with Crippen molar-refractivity contribution in [1.82, 2.24) is 0 Å². The lowest BCUT2D eigenvalue weighted by molar-refractivity contribution is -0.317. The van der Waals surface area contributed by atoms with Crippen LogP contribution in [0.25, 0.3) is 0 Å². The summed E-state index contributed by atoms with van der Waals surface area (Å²) in [6, 6.07) is 0. The highest BCUT2D eigenvalue weighted by molar-refractivity contribution is 5.87. The first-order valence-corrected chi connectivity index (χ1v) is 4.90. The first-order chi connectivity index (χ1) is 6.93. The lowest BCUT2D eigenvalue weighted by Gasteiger charge is -2.20. The molecule has 0 N–H and O–H groups in total. The van der Waals surface area contributed by atoms with E-state index in [9.17, 15) is 4.79 Å². The third-order valence-corrected chi connectivity index (χ3v) is 1.91. The minimum atomic E-state index is -0.456. The first kappa shape index (κ1) is 14.0. The number of ether oxygens (including phenoxy) is 1. The van der Waals surface area contributed by atoms with E-state index in [1.165, 1.54) is 6.26 Å². The Labute approximate surface area is 91.1 Å². The molecular weight excluding hydrogens is 196 g/mol. The zero-order chi connectivity index (χ0) is 11.9. The molecule has 4 heteroatoms. The highest BCUT2D eigenvalue weighted by Gasteiger charge is 2.17. The molecule has 0 unspecified atom stereocenters. The monoisotopic (exact) mass is 215 g/mol. The van der Waals surface area contributed by atoms with Crippen LogP contribution < -0.4 is 0 Å². The summed E-state index contributed by atoms with van der Waals surface area (Å²) >= 11 is 0. The predicted molar refractivity (Wildman–Crippen MR) is 56.6 cm³/mol. The number of rotatable bonds is 6. The van der Waals surface area contributed by atoms with Crippen molar-refractivity contribution in [3.63, 3.8) is 0 Å². The Hall–Kier alpha value is -1.03. The molecule has 0 saturated heterocycles. The van der Waals surface area contributed by atoms with Crippen molar-refractivity contribution >= 4 is 5.97 Å². The van der Waals surface area contributed by atoms with Crippen LogP contribution in [-0.2, 0) is 19.3 Å². The van der Waals surface area contributed by atoms with Gasteiger partial charge in [0.1, 0.15) is 11.9 Å². The zero-order valence-corrected chi connectivity index (χ0v) is 9.83. The summed E-state index contributed by atoms with van der Waals surface area (Å²) in [7, 11) is 0. The van der Waals surface area contributed by atoms with Crippen LogP contribution in [0.4, 0.5) is 0 Å². The summed E-state index contributed by atoms with van der Waals surface area (Å²) < 4.78 is 4.66. The average molecular weight is 215 g/mol. The summed E-state index contributed by atoms with van der Waals surface area (Å²) in [5, 5.41) is 0. The SMILES string of the molecule is [CH2]COC(=O)C(C)=COOC(C)(C)CC. The molecule has 1 radical (unpaired) electrons. The molecule has 87 valence electrons. The van der Waals surface area contributed by atoms with Gasteiger partial charge in [-0.2, -0.15) is 4.89 Å². The molecule has 4 nitrogen and oxygen atoms in total. The van der Waals surface area contributed by atoms with Gasteiger partial charge in [-0.1, -0.05) is 6.92 Å². The standard InChI is InChI=1S/C11H19O4/c1-6-11(4,5)15-14-8-9(3)10(12)13-7-2/h8H,2,6-7H2,1,3-5H3. The molecule has 0 amide bonds. The molecule has 0 atom stereocenters. The molecule has 0 saturated carbocycles. The van der Waals surface area contributed by atoms with Gasteiger partial charge in [-0.3, -0.25) is 0 Å². The van der Waals surface area contributed by atoms with E-state index < -0.39 is 5.97 Å². The van der Waals surface area contributed by atoms with Gasteiger partial charge >= 0.3 is 5.97 Å². The Morgan fingerprint density at radius 3 is 2.53 bits per heavy atom. The van der Waals surface area contributed by atoms with E-state index in [1.807, 2.05) is 20.8 Å². The Kier molecular flexibility index (Phi) is 6.01. The lowest BCUT2D eigenvalue weighted by atomic mass is 10.1. The smallest absolute Gasteiger partial charge is 0.336 e. The van der Waals surface area contributed by atoms with Crippen LogP contribution in [0.1, 0.15) is 34.1 Å². The third-order valence-electron chi connectivity index (χ3n) is 1.91. The number of hydrogen-bond acceptors (Lipinski definition) is 4. The van der Waals surface area contributed by atoms with Gasteiger partial charge in [0, 0.05) is 0 Å². The van der Waals surface area contributed by atoms with Crippen LogP contribution in [0.5, 0.6) is 0 Å². The van der Waals surface area contributed by atoms with Gasteiger partial charge in [0.2, 0.25) is 0 Å². The molecule has 0 aromatic rings. The fourth-order valence-corrected chi connectivity index (χ4v) is 0.540. The maximum Gasteiger partial charge on any atom is 0.336 e. The van der Waals surface area contributed by atoms with Gasteiger partial charge in [0.15, 0.2) is 0 Å². The summed E-state index contributed by atoms with van der Waals surface area (Å²) in [5.74, 6) is -0.456. The van der Waals surface area contributed by atoms with Gasteiger partial charge in [-0.25, -0.2) is 4.79 Å². The van der Waals surface area contributed by atoms with E-state index in [0.717, 1.165) is 6.42 Å². The van der Waals surface area contributed by atoms with E-state index in [0.29, 0.717) is 5.57 Å². The second-order valence-electron chi connectivity index (χ2n) is 3.73. The van der Waals surface area contributed by atoms with Crippen LogP contribution in [0, 0.1) is 6.92 Å². The van der Waals surface area contributed by atoms with Crippen molar-refractivity contribution in [2.45, 2.75) is 39.7 Å². The van der Waals surface area contributed by atoms with E-state index in [4.69, 9.17) is 9.78 Å². The predicted octanol–water partition coefficient (Wildman–Crippen LogP) is 2.40. The summed E-state index contributed by atoms with van der Waals surface area (Å²) in [6.45, 7) is 10.9. The van der Waals surface area contributed by atoms with Gasteiger partial charge in [-0.05, 0) is 34.1 Å². The van der Waals surface area contributed by atoms with Gasteiger partial charge < -0.3 is 9.62 Å². The van der Waals surface area contributed by atoms with Crippen LogP contribution in [0.15, 0.2) is 11.8 Å². The Morgan fingerprint density at radius 2 is 2.07 bits per heavy atom. The molecule has 15 heavy (non-hydrogen) atoms. The van der Waals surface area contributed by atoms with E-state index in [-0.39, 0.29) is 12.2 Å². The zero-order valence-electron chi connectivity index (χ0n) is 9.83. The minimum absolute atomic E-state index is 0.103. The van der Waals surface area contributed by atoms with Crippen molar-refractivity contribution in [2.75, 3.05) is 6.61 Å². The molecule has 0 aromatic heterocycles. The Bertz CT molecular complexity index is 231. The quantitative estimate of drug-likeness (QED) is 0.224. The third kappa shape index (κ3) is 6.12. The Balaban J connectivity index is 4.01. The van der Waals surface area contributed by atoms with Crippen LogP contribution in [0.2, 0.25) is 0 Å². The van der Waals surface area contributed by atoms with Crippen molar-refractivity contribution in [2.24, 2.45) is 0 Å². The number of carbonyl (C=O) groups is 1. The molecule has 0 aliphatic rings. The molecule has 0 aliphatic heterocycles. The molecule has 0 spiro atoms. The maximum atomic E-state index is 11.1. The highest BCUT2D eigenvalue weighted by Crippen LogP contribution is 2.14. The van der Waals surface area contributed by atoms with Gasteiger partial charge in [-0.15, -0.1) is 0 Å². The Morgan fingerprint density at radius 1 is 1.47 bits per heavy atom. The average Bonchev–Trinajstić information content (AvgIpc) is 2.18. The second kappa shape index (κ2) is 6.45. The molecule has 0 fully saturated rings. The number of esters is 1. The first-order valence-electron chi connectivity index (χ1n) is 4.90. The summed E-state index contributed by atoms with van der Waals surface area (Å²) in [4.78, 5) is 21.0. The largest absolute Gasteiger partial charge is 0.462 e. The normalized spacial score (nSPS) is 12.5. The summed E-state index contributed by atoms with van der Waals surface area (Å²) in [6.07, 6.45) is 2.04. The van der Waals surface area contributed by atoms with Crippen molar-refractivity contribution in [3.05, 3.63) is 18.8 Å². The molecule has 0 heterocycles. The molecule has 0 rings (SSSR count). The fourth-order valence-electron chi connectivity index (χ4n) is 0.540.